The molecule has 0 aromatic heterocycles. The van der Waals surface area contributed by atoms with Gasteiger partial charge >= 0.3 is 5.97 Å². The van der Waals surface area contributed by atoms with Gasteiger partial charge in [-0.05, 0) is 77.0 Å². The first-order valence-corrected chi connectivity index (χ1v) is 25.9. The van der Waals surface area contributed by atoms with Gasteiger partial charge in [0.05, 0.1) is 25.2 Å². The fourth-order valence-corrected chi connectivity index (χ4v) is 7.45. The number of aliphatic hydroxyl groups is 2. The third-order valence-corrected chi connectivity index (χ3v) is 11.3. The zero-order chi connectivity index (χ0) is 45.2. The van der Waals surface area contributed by atoms with Gasteiger partial charge in [-0.2, -0.15) is 0 Å². The Morgan fingerprint density at radius 2 is 0.952 bits per heavy atom. The average molecular weight is 864 g/mol. The van der Waals surface area contributed by atoms with Gasteiger partial charge in [-0.25, -0.2) is 0 Å². The number of carbonyl (C=O) groups is 2. The number of allylic oxidation sites excluding steroid dienone is 14. The summed E-state index contributed by atoms with van der Waals surface area (Å²) >= 11 is 0. The Morgan fingerprint density at radius 3 is 1.52 bits per heavy atom. The number of amides is 1. The number of nitrogens with one attached hydrogen (secondary N) is 1. The van der Waals surface area contributed by atoms with E-state index in [1.54, 1.807) is 0 Å². The van der Waals surface area contributed by atoms with E-state index in [0.717, 1.165) is 116 Å². The average Bonchev–Trinajstić information content (AvgIpc) is 3.26. The van der Waals surface area contributed by atoms with Gasteiger partial charge in [0.15, 0.2) is 0 Å². The normalized spacial score (nSPS) is 14.0. The molecule has 0 aliphatic rings. The van der Waals surface area contributed by atoms with E-state index in [1.807, 2.05) is 18.2 Å². The van der Waals surface area contributed by atoms with Crippen molar-refractivity contribution >= 4 is 11.9 Å². The molecule has 3 unspecified atom stereocenters. The summed E-state index contributed by atoms with van der Waals surface area (Å²) in [6.45, 7) is 6.22. The summed E-state index contributed by atoms with van der Waals surface area (Å²) in [5, 5.41) is 23.8. The molecule has 0 heterocycles. The summed E-state index contributed by atoms with van der Waals surface area (Å²) in [5.41, 5.74) is 0. The Balaban J connectivity index is 4.66. The molecule has 62 heavy (non-hydrogen) atoms. The number of hydrogen-bond donors (Lipinski definition) is 3. The molecule has 0 rings (SSSR count). The van der Waals surface area contributed by atoms with E-state index < -0.39 is 18.2 Å². The lowest BCUT2D eigenvalue weighted by atomic mass is 10.0. The first-order valence-electron chi connectivity index (χ1n) is 25.9. The van der Waals surface area contributed by atoms with Crippen LogP contribution in [0.1, 0.15) is 233 Å². The summed E-state index contributed by atoms with van der Waals surface area (Å²) < 4.78 is 5.92. The van der Waals surface area contributed by atoms with Crippen molar-refractivity contribution in [3.63, 3.8) is 0 Å². The third-order valence-electron chi connectivity index (χ3n) is 11.3. The van der Waals surface area contributed by atoms with E-state index in [1.165, 1.54) is 70.6 Å². The van der Waals surface area contributed by atoms with Crippen LogP contribution in [-0.4, -0.2) is 46.9 Å². The number of ether oxygens (including phenoxy) is 1. The van der Waals surface area contributed by atoms with Gasteiger partial charge in [0.25, 0.3) is 0 Å². The smallest absolute Gasteiger partial charge is 0.306 e. The molecule has 0 aromatic carbocycles. The highest BCUT2D eigenvalue weighted by Gasteiger charge is 2.24. The van der Waals surface area contributed by atoms with E-state index in [9.17, 15) is 19.8 Å². The largest absolute Gasteiger partial charge is 0.462 e. The van der Waals surface area contributed by atoms with Crippen molar-refractivity contribution < 1.29 is 24.5 Å². The van der Waals surface area contributed by atoms with Crippen LogP contribution < -0.4 is 5.32 Å². The Labute approximate surface area is 383 Å². The Bertz CT molecular complexity index is 1200. The highest BCUT2D eigenvalue weighted by molar-refractivity contribution is 5.77. The molecule has 1 amide bonds. The molecule has 0 bridgehead atoms. The van der Waals surface area contributed by atoms with Crippen LogP contribution in [0.25, 0.3) is 0 Å². The van der Waals surface area contributed by atoms with Crippen LogP contribution in [0.15, 0.2) is 85.1 Å². The van der Waals surface area contributed by atoms with Gasteiger partial charge in [-0.1, -0.05) is 228 Å². The Morgan fingerprint density at radius 1 is 0.500 bits per heavy atom. The molecular weight excluding hydrogens is 767 g/mol. The molecule has 6 heteroatoms. The van der Waals surface area contributed by atoms with Crippen LogP contribution in [0, 0.1) is 0 Å². The highest BCUT2D eigenvalue weighted by Crippen LogP contribution is 2.17. The lowest BCUT2D eigenvalue weighted by molar-refractivity contribution is -0.151. The summed E-state index contributed by atoms with van der Waals surface area (Å²) in [6.07, 6.45) is 63.5. The maximum atomic E-state index is 13.2. The molecule has 356 valence electrons. The van der Waals surface area contributed by atoms with Crippen molar-refractivity contribution in [1.82, 2.24) is 5.32 Å². The number of rotatable bonds is 45. The number of carbonyl (C=O) groups excluding carboxylic acids is 2. The van der Waals surface area contributed by atoms with Gasteiger partial charge in [-0.3, -0.25) is 9.59 Å². The van der Waals surface area contributed by atoms with E-state index in [0.29, 0.717) is 19.3 Å². The second kappa shape index (κ2) is 49.1. The van der Waals surface area contributed by atoms with Crippen molar-refractivity contribution in [3.05, 3.63) is 85.1 Å². The van der Waals surface area contributed by atoms with Crippen LogP contribution in [0.2, 0.25) is 0 Å². The molecule has 0 saturated heterocycles. The second-order valence-electron chi connectivity index (χ2n) is 17.3. The van der Waals surface area contributed by atoms with E-state index in [-0.39, 0.29) is 24.9 Å². The van der Waals surface area contributed by atoms with Gasteiger partial charge in [0, 0.05) is 6.42 Å². The van der Waals surface area contributed by atoms with Crippen LogP contribution in [-0.2, 0) is 14.3 Å². The quantitative estimate of drug-likeness (QED) is 0.0245. The Hall–Kier alpha value is -2.96. The molecule has 0 aliphatic carbocycles. The minimum absolute atomic E-state index is 0.0488. The molecule has 6 nitrogen and oxygen atoms in total. The molecular formula is C56H97NO5. The fraction of sp³-hybridized carbons (Fsp3) is 0.714. The summed E-state index contributed by atoms with van der Waals surface area (Å²) in [5.74, 6) is -0.526. The zero-order valence-electron chi connectivity index (χ0n) is 40.5. The van der Waals surface area contributed by atoms with Gasteiger partial charge < -0.3 is 20.3 Å². The summed E-state index contributed by atoms with van der Waals surface area (Å²) in [7, 11) is 0. The topological polar surface area (TPSA) is 95.9 Å². The molecule has 3 atom stereocenters. The molecule has 0 fully saturated rings. The fourth-order valence-electron chi connectivity index (χ4n) is 7.45. The molecule has 0 aliphatic heterocycles. The SMILES string of the molecule is CC/C=C/C=C/C=C/C=C\CCCCCCCC(=O)OC(CCCCCC/C=C/C/C=C/C/C=C/CC)CC(=O)NC(CO)C(O)CCCCCCCCCCCCCCCC. The van der Waals surface area contributed by atoms with E-state index in [4.69, 9.17) is 4.74 Å². The number of hydrogen-bond acceptors (Lipinski definition) is 5. The molecule has 0 radical (unpaired) electrons. The molecule has 0 aromatic rings. The zero-order valence-corrected chi connectivity index (χ0v) is 40.5. The lowest BCUT2D eigenvalue weighted by Gasteiger charge is -2.24. The molecule has 0 spiro atoms. The number of aliphatic hydroxyl groups excluding tert-OH is 2. The standard InChI is InChI=1S/C56H97NO5/c1-4-7-10-13-16-19-22-25-28-31-34-37-40-43-46-49-56(61)62-52(47-44-41-38-35-32-29-26-23-20-17-14-11-8-5-2)50-55(60)57-53(51-58)54(59)48-45-42-39-36-33-30-27-24-21-18-15-12-9-6-3/h7-8,10-11,13,16-17,19-20,22,25-26,28-29,52-54,58-59H,4-6,9,12,14-15,18,21,23-24,27,30-51H2,1-3H3,(H,57,60)/b10-7+,11-8+,16-13+,20-17+,22-19+,28-25-,29-26+. The van der Waals surface area contributed by atoms with Gasteiger partial charge in [-0.15, -0.1) is 0 Å². The van der Waals surface area contributed by atoms with Crippen molar-refractivity contribution in [2.24, 2.45) is 0 Å². The summed E-state index contributed by atoms with van der Waals surface area (Å²) in [4.78, 5) is 26.2. The number of esters is 1. The van der Waals surface area contributed by atoms with E-state index in [2.05, 4.69) is 92.9 Å². The minimum atomic E-state index is -0.802. The lowest BCUT2D eigenvalue weighted by Crippen LogP contribution is -2.46. The van der Waals surface area contributed by atoms with Crippen LogP contribution in [0.4, 0.5) is 0 Å². The second-order valence-corrected chi connectivity index (χ2v) is 17.3. The predicted molar refractivity (Wildman–Crippen MR) is 268 cm³/mol. The monoisotopic (exact) mass is 864 g/mol. The maximum Gasteiger partial charge on any atom is 0.306 e. The summed E-state index contributed by atoms with van der Waals surface area (Å²) in [6, 6.07) is -0.718. The van der Waals surface area contributed by atoms with E-state index >= 15 is 0 Å². The van der Waals surface area contributed by atoms with Crippen LogP contribution >= 0.6 is 0 Å². The molecule has 0 saturated carbocycles. The van der Waals surface area contributed by atoms with Crippen molar-refractivity contribution in [1.29, 1.82) is 0 Å². The van der Waals surface area contributed by atoms with Crippen molar-refractivity contribution in [2.45, 2.75) is 251 Å². The van der Waals surface area contributed by atoms with Gasteiger partial charge in [0.1, 0.15) is 6.10 Å². The first kappa shape index (κ1) is 59.0. The minimum Gasteiger partial charge on any atom is -0.462 e. The van der Waals surface area contributed by atoms with Crippen LogP contribution in [0.5, 0.6) is 0 Å². The van der Waals surface area contributed by atoms with Gasteiger partial charge in [0.2, 0.25) is 5.91 Å². The third kappa shape index (κ3) is 43.7. The first-order chi connectivity index (χ1) is 30.5. The van der Waals surface area contributed by atoms with Crippen LogP contribution in [0.3, 0.4) is 0 Å². The Kier molecular flexibility index (Phi) is 46.7. The predicted octanol–water partition coefficient (Wildman–Crippen LogP) is 15.6. The maximum absolute atomic E-state index is 13.2. The number of unbranched alkanes of at least 4 members (excludes halogenated alkanes) is 22. The molecule has 3 N–H and O–H groups in total. The van der Waals surface area contributed by atoms with Crippen molar-refractivity contribution in [2.75, 3.05) is 6.61 Å². The van der Waals surface area contributed by atoms with Crippen molar-refractivity contribution in [3.8, 4) is 0 Å². The highest BCUT2D eigenvalue weighted by atomic mass is 16.5.